The molecule has 1 unspecified atom stereocenters. The van der Waals surface area contributed by atoms with Gasteiger partial charge in [0.1, 0.15) is 0 Å². The highest BCUT2D eigenvalue weighted by molar-refractivity contribution is 5.81. The Morgan fingerprint density at radius 2 is 2.06 bits per heavy atom. The highest BCUT2D eigenvalue weighted by Gasteiger charge is 2.37. The number of hydrogen-bond donors (Lipinski definition) is 0. The van der Waals surface area contributed by atoms with Gasteiger partial charge in [0, 0.05) is 12.5 Å². The Balaban J connectivity index is 1.88. The van der Waals surface area contributed by atoms with Crippen LogP contribution >= 0.6 is 0 Å². The highest BCUT2D eigenvalue weighted by Crippen LogP contribution is 2.36. The molecule has 1 fully saturated rings. The van der Waals surface area contributed by atoms with Crippen LogP contribution < -0.4 is 0 Å². The van der Waals surface area contributed by atoms with Gasteiger partial charge in [0.05, 0.1) is 6.04 Å². The Bertz CT molecular complexity index is 422. The van der Waals surface area contributed by atoms with Crippen molar-refractivity contribution in [2.24, 2.45) is 5.92 Å². The van der Waals surface area contributed by atoms with Crippen LogP contribution in [0.2, 0.25) is 0 Å². The van der Waals surface area contributed by atoms with Crippen LogP contribution in [0, 0.1) is 5.92 Å². The average Bonchev–Trinajstić information content (AvgIpc) is 3.13. The van der Waals surface area contributed by atoms with E-state index in [-0.39, 0.29) is 6.04 Å². The molecular weight excluding hydrogens is 198 g/mol. The van der Waals surface area contributed by atoms with E-state index in [4.69, 9.17) is 0 Å². The van der Waals surface area contributed by atoms with E-state index in [0.29, 0.717) is 11.8 Å². The molecular formula is C14H17NO. The number of hydrogen-bond acceptors (Lipinski definition) is 1. The number of fused-ring (bicyclic) bond motifs is 1. The molecule has 1 aliphatic heterocycles. The Morgan fingerprint density at radius 3 is 2.81 bits per heavy atom. The van der Waals surface area contributed by atoms with Crippen molar-refractivity contribution in [1.82, 2.24) is 4.90 Å². The number of benzene rings is 1. The van der Waals surface area contributed by atoms with Crippen molar-refractivity contribution in [3.63, 3.8) is 0 Å². The van der Waals surface area contributed by atoms with Crippen molar-refractivity contribution in [1.29, 1.82) is 0 Å². The van der Waals surface area contributed by atoms with Gasteiger partial charge >= 0.3 is 0 Å². The van der Waals surface area contributed by atoms with Crippen molar-refractivity contribution in [2.45, 2.75) is 32.2 Å². The summed E-state index contributed by atoms with van der Waals surface area (Å²) in [5, 5.41) is 0. The predicted octanol–water partition coefficient (Wildman–Crippen LogP) is 2.54. The SMILES string of the molecule is CC1c2ccccc2CCN1C(=O)C1CC1. The summed E-state index contributed by atoms with van der Waals surface area (Å²) >= 11 is 0. The number of amides is 1. The summed E-state index contributed by atoms with van der Waals surface area (Å²) in [6.45, 7) is 3.05. The molecule has 3 rings (SSSR count). The third kappa shape index (κ3) is 1.53. The summed E-state index contributed by atoms with van der Waals surface area (Å²) in [7, 11) is 0. The Kier molecular flexibility index (Phi) is 2.23. The molecule has 2 aliphatic rings. The van der Waals surface area contributed by atoms with Crippen LogP contribution in [0.15, 0.2) is 24.3 Å². The minimum Gasteiger partial charge on any atom is -0.335 e. The van der Waals surface area contributed by atoms with Gasteiger partial charge in [0.25, 0.3) is 0 Å². The smallest absolute Gasteiger partial charge is 0.226 e. The molecule has 0 radical (unpaired) electrons. The van der Waals surface area contributed by atoms with E-state index in [1.807, 2.05) is 0 Å². The van der Waals surface area contributed by atoms with Crippen LogP contribution in [0.25, 0.3) is 0 Å². The molecule has 0 aromatic heterocycles. The summed E-state index contributed by atoms with van der Waals surface area (Å²) < 4.78 is 0. The summed E-state index contributed by atoms with van der Waals surface area (Å²) in [5.74, 6) is 0.717. The van der Waals surface area contributed by atoms with E-state index in [1.165, 1.54) is 11.1 Å². The topological polar surface area (TPSA) is 20.3 Å². The van der Waals surface area contributed by atoms with E-state index < -0.39 is 0 Å². The van der Waals surface area contributed by atoms with Crippen molar-refractivity contribution in [2.75, 3.05) is 6.54 Å². The first kappa shape index (κ1) is 9.88. The van der Waals surface area contributed by atoms with E-state index >= 15 is 0 Å². The first-order valence-electron chi connectivity index (χ1n) is 6.15. The number of rotatable bonds is 1. The van der Waals surface area contributed by atoms with E-state index in [2.05, 4.69) is 36.1 Å². The summed E-state index contributed by atoms with van der Waals surface area (Å²) in [4.78, 5) is 14.2. The fourth-order valence-corrected chi connectivity index (χ4v) is 2.64. The summed E-state index contributed by atoms with van der Waals surface area (Å²) in [6.07, 6.45) is 3.21. The van der Waals surface area contributed by atoms with Gasteiger partial charge in [0.2, 0.25) is 5.91 Å². The van der Waals surface area contributed by atoms with Gasteiger partial charge < -0.3 is 4.90 Å². The maximum Gasteiger partial charge on any atom is 0.226 e. The molecule has 16 heavy (non-hydrogen) atoms. The van der Waals surface area contributed by atoms with Gasteiger partial charge in [0.15, 0.2) is 0 Å². The lowest BCUT2D eigenvalue weighted by Crippen LogP contribution is -2.39. The molecule has 1 amide bonds. The van der Waals surface area contributed by atoms with Gasteiger partial charge in [-0.05, 0) is 37.3 Å². The molecule has 1 aromatic carbocycles. The molecule has 1 saturated carbocycles. The van der Waals surface area contributed by atoms with Gasteiger partial charge in [-0.15, -0.1) is 0 Å². The van der Waals surface area contributed by atoms with Crippen LogP contribution in [0.1, 0.15) is 36.9 Å². The van der Waals surface area contributed by atoms with Crippen LogP contribution in [0.5, 0.6) is 0 Å². The maximum absolute atomic E-state index is 12.1. The molecule has 0 saturated heterocycles. The van der Waals surface area contributed by atoms with Crippen LogP contribution in [0.3, 0.4) is 0 Å². The van der Waals surface area contributed by atoms with Crippen LogP contribution in [0.4, 0.5) is 0 Å². The van der Waals surface area contributed by atoms with Crippen LogP contribution in [-0.4, -0.2) is 17.4 Å². The zero-order chi connectivity index (χ0) is 11.1. The van der Waals surface area contributed by atoms with Crippen molar-refractivity contribution >= 4 is 5.91 Å². The normalized spacial score (nSPS) is 24.1. The molecule has 2 heteroatoms. The maximum atomic E-state index is 12.1. The first-order valence-corrected chi connectivity index (χ1v) is 6.15. The second-order valence-electron chi connectivity index (χ2n) is 4.93. The second kappa shape index (κ2) is 3.62. The van der Waals surface area contributed by atoms with Crippen LogP contribution in [-0.2, 0) is 11.2 Å². The average molecular weight is 215 g/mol. The number of nitrogens with zero attached hydrogens (tertiary/aromatic N) is 1. The number of carbonyl (C=O) groups excluding carboxylic acids is 1. The second-order valence-corrected chi connectivity index (χ2v) is 4.93. The minimum atomic E-state index is 0.262. The monoisotopic (exact) mass is 215 g/mol. The van der Waals surface area contributed by atoms with E-state index in [1.54, 1.807) is 0 Å². The van der Waals surface area contributed by atoms with Gasteiger partial charge in [-0.3, -0.25) is 4.79 Å². The lowest BCUT2D eigenvalue weighted by atomic mass is 9.93. The Morgan fingerprint density at radius 1 is 1.31 bits per heavy atom. The predicted molar refractivity (Wildman–Crippen MR) is 63.0 cm³/mol. The molecule has 0 bridgehead atoms. The van der Waals surface area contributed by atoms with E-state index in [0.717, 1.165) is 25.8 Å². The number of carbonyl (C=O) groups is 1. The fourth-order valence-electron chi connectivity index (χ4n) is 2.64. The fraction of sp³-hybridized carbons (Fsp3) is 0.500. The van der Waals surface area contributed by atoms with Crippen molar-refractivity contribution in [3.8, 4) is 0 Å². The largest absolute Gasteiger partial charge is 0.335 e. The quantitative estimate of drug-likeness (QED) is 0.705. The standard InChI is InChI=1S/C14H17NO/c1-10-13-5-3-2-4-11(13)8-9-15(10)14(16)12-6-7-12/h2-5,10,12H,6-9H2,1H3. The zero-order valence-electron chi connectivity index (χ0n) is 9.65. The van der Waals surface area contributed by atoms with Gasteiger partial charge in [-0.25, -0.2) is 0 Å². The molecule has 1 heterocycles. The lowest BCUT2D eigenvalue weighted by molar-refractivity contribution is -0.135. The van der Waals surface area contributed by atoms with Gasteiger partial charge in [-0.1, -0.05) is 24.3 Å². The molecule has 1 atom stereocenters. The molecule has 1 aromatic rings. The summed E-state index contributed by atoms with van der Waals surface area (Å²) in [5.41, 5.74) is 2.75. The minimum absolute atomic E-state index is 0.262. The molecule has 2 nitrogen and oxygen atoms in total. The molecule has 1 aliphatic carbocycles. The van der Waals surface area contributed by atoms with Gasteiger partial charge in [-0.2, -0.15) is 0 Å². The Hall–Kier alpha value is -1.31. The lowest BCUT2D eigenvalue weighted by Gasteiger charge is -2.35. The summed E-state index contributed by atoms with van der Waals surface area (Å²) in [6, 6.07) is 8.76. The molecule has 0 spiro atoms. The highest BCUT2D eigenvalue weighted by atomic mass is 16.2. The zero-order valence-corrected chi connectivity index (χ0v) is 9.65. The third-order valence-electron chi connectivity index (χ3n) is 3.80. The third-order valence-corrected chi connectivity index (χ3v) is 3.80. The van der Waals surface area contributed by atoms with E-state index in [9.17, 15) is 4.79 Å². The first-order chi connectivity index (χ1) is 7.77. The molecule has 0 N–H and O–H groups in total. The van der Waals surface area contributed by atoms with Crippen molar-refractivity contribution < 1.29 is 4.79 Å². The molecule has 84 valence electrons. The van der Waals surface area contributed by atoms with Crippen molar-refractivity contribution in [3.05, 3.63) is 35.4 Å². The Labute approximate surface area is 96.3 Å².